The number of carbonyl (C=O) groups is 2. The van der Waals surface area contributed by atoms with Crippen LogP contribution in [0.2, 0.25) is 0 Å². The third-order valence-corrected chi connectivity index (χ3v) is 4.32. The van der Waals surface area contributed by atoms with E-state index in [1.54, 1.807) is 36.1 Å². The van der Waals surface area contributed by atoms with E-state index in [4.69, 9.17) is 10.9 Å². The molecule has 8 heteroatoms. The van der Waals surface area contributed by atoms with Crippen LogP contribution < -0.4 is 21.8 Å². The minimum absolute atomic E-state index is 0.171. The van der Waals surface area contributed by atoms with Gasteiger partial charge in [-0.15, -0.1) is 0 Å². The molecule has 1 heterocycles. The van der Waals surface area contributed by atoms with E-state index in [9.17, 15) is 9.59 Å². The summed E-state index contributed by atoms with van der Waals surface area (Å²) in [6, 6.07) is 12.3. The van der Waals surface area contributed by atoms with Gasteiger partial charge in [-0.2, -0.15) is 0 Å². The standard InChI is InChI=1S/C22H27N5O3/c23-12-6-2-5-11-19(14-17-8-3-1-4-9-17)26-22(29)21(25-16-20(28)27-30)18-10-7-13-24-15-18/h1-10,12-13,15,19,21,25,30H,11,14,16,23H2,(H,26,29)(H,27,28)/b5-2-,12-6-. The van der Waals surface area contributed by atoms with Crippen molar-refractivity contribution >= 4 is 11.8 Å². The summed E-state index contributed by atoms with van der Waals surface area (Å²) in [6.07, 6.45) is 11.3. The van der Waals surface area contributed by atoms with E-state index >= 15 is 0 Å². The van der Waals surface area contributed by atoms with Gasteiger partial charge in [0.1, 0.15) is 6.04 Å². The summed E-state index contributed by atoms with van der Waals surface area (Å²) in [5, 5.41) is 14.6. The number of aromatic nitrogens is 1. The highest BCUT2D eigenvalue weighted by Gasteiger charge is 2.23. The molecule has 0 aliphatic heterocycles. The first-order valence-corrected chi connectivity index (χ1v) is 9.58. The topological polar surface area (TPSA) is 129 Å². The zero-order valence-electron chi connectivity index (χ0n) is 16.6. The van der Waals surface area contributed by atoms with Crippen LogP contribution in [0.15, 0.2) is 79.3 Å². The van der Waals surface area contributed by atoms with Gasteiger partial charge in [-0.1, -0.05) is 48.6 Å². The zero-order valence-corrected chi connectivity index (χ0v) is 16.6. The molecule has 0 saturated carbocycles. The lowest BCUT2D eigenvalue weighted by atomic mass is 10.0. The van der Waals surface area contributed by atoms with E-state index in [0.717, 1.165) is 5.56 Å². The van der Waals surface area contributed by atoms with Crippen molar-refractivity contribution in [1.29, 1.82) is 0 Å². The lowest BCUT2D eigenvalue weighted by Crippen LogP contribution is -2.45. The van der Waals surface area contributed by atoms with Gasteiger partial charge in [0.2, 0.25) is 5.91 Å². The third kappa shape index (κ3) is 7.86. The summed E-state index contributed by atoms with van der Waals surface area (Å²) >= 11 is 0. The molecule has 0 fully saturated rings. The Morgan fingerprint density at radius 1 is 1.13 bits per heavy atom. The Balaban J connectivity index is 2.15. The third-order valence-electron chi connectivity index (χ3n) is 4.32. The number of nitrogens with one attached hydrogen (secondary N) is 3. The molecule has 2 amide bonds. The predicted octanol–water partition coefficient (Wildman–Crippen LogP) is 1.36. The maximum absolute atomic E-state index is 13.1. The molecule has 6 N–H and O–H groups in total. The monoisotopic (exact) mass is 409 g/mol. The van der Waals surface area contributed by atoms with Crippen LogP contribution in [0.25, 0.3) is 0 Å². The number of nitrogens with two attached hydrogens (primary N) is 1. The second-order valence-electron chi connectivity index (χ2n) is 6.58. The van der Waals surface area contributed by atoms with Crippen molar-refractivity contribution in [2.24, 2.45) is 5.73 Å². The highest BCUT2D eigenvalue weighted by molar-refractivity contribution is 5.84. The van der Waals surface area contributed by atoms with Crippen LogP contribution in [0.1, 0.15) is 23.6 Å². The first-order chi connectivity index (χ1) is 14.6. The van der Waals surface area contributed by atoms with Crippen LogP contribution in [0.5, 0.6) is 0 Å². The number of allylic oxidation sites excluding steroid dienone is 2. The number of amides is 2. The molecule has 2 rings (SSSR count). The number of rotatable bonds is 11. The highest BCUT2D eigenvalue weighted by atomic mass is 16.5. The summed E-state index contributed by atoms with van der Waals surface area (Å²) in [5.41, 5.74) is 8.61. The molecule has 0 aliphatic carbocycles. The largest absolute Gasteiger partial charge is 0.405 e. The number of hydrogen-bond acceptors (Lipinski definition) is 6. The molecule has 0 saturated heterocycles. The summed E-state index contributed by atoms with van der Waals surface area (Å²) in [5.74, 6) is -0.938. The Morgan fingerprint density at radius 3 is 2.60 bits per heavy atom. The van der Waals surface area contributed by atoms with Crippen LogP contribution in [0, 0.1) is 0 Å². The van der Waals surface area contributed by atoms with E-state index in [0.29, 0.717) is 18.4 Å². The quantitative estimate of drug-likeness (QED) is 0.217. The summed E-state index contributed by atoms with van der Waals surface area (Å²) in [4.78, 5) is 28.6. The first-order valence-electron chi connectivity index (χ1n) is 9.58. The predicted molar refractivity (Wildman–Crippen MR) is 114 cm³/mol. The van der Waals surface area contributed by atoms with Crippen LogP contribution in [-0.2, 0) is 16.0 Å². The van der Waals surface area contributed by atoms with Crippen LogP contribution in [0.4, 0.5) is 0 Å². The molecule has 0 radical (unpaired) electrons. The molecule has 0 spiro atoms. The molecule has 158 valence electrons. The molecule has 8 nitrogen and oxygen atoms in total. The minimum atomic E-state index is -0.804. The fraction of sp³-hybridized carbons (Fsp3) is 0.227. The fourth-order valence-corrected chi connectivity index (χ4v) is 2.90. The lowest BCUT2D eigenvalue weighted by molar-refractivity contribution is -0.129. The molecule has 1 aromatic carbocycles. The van der Waals surface area contributed by atoms with Crippen LogP contribution >= 0.6 is 0 Å². The lowest BCUT2D eigenvalue weighted by Gasteiger charge is -2.23. The van der Waals surface area contributed by atoms with E-state index in [-0.39, 0.29) is 18.5 Å². The SMILES string of the molecule is N/C=C\C=C/CC(Cc1ccccc1)NC(=O)C(NCC(=O)NO)c1cccnc1. The smallest absolute Gasteiger partial charge is 0.257 e. The summed E-state index contributed by atoms with van der Waals surface area (Å²) < 4.78 is 0. The molecule has 1 aromatic heterocycles. The van der Waals surface area contributed by atoms with Crippen molar-refractivity contribution < 1.29 is 14.8 Å². The van der Waals surface area contributed by atoms with Crippen LogP contribution in [0.3, 0.4) is 0 Å². The molecule has 2 unspecified atom stereocenters. The van der Waals surface area contributed by atoms with Crippen molar-refractivity contribution in [3.63, 3.8) is 0 Å². The van der Waals surface area contributed by atoms with Gasteiger partial charge in [0.05, 0.1) is 6.54 Å². The van der Waals surface area contributed by atoms with Crippen LogP contribution in [-0.4, -0.2) is 34.6 Å². The van der Waals surface area contributed by atoms with Gasteiger partial charge in [-0.3, -0.25) is 25.1 Å². The van der Waals surface area contributed by atoms with Crippen molar-refractivity contribution in [3.05, 3.63) is 90.4 Å². The molecule has 0 aliphatic rings. The molecule has 2 atom stereocenters. The summed E-state index contributed by atoms with van der Waals surface area (Å²) in [7, 11) is 0. The highest BCUT2D eigenvalue weighted by Crippen LogP contribution is 2.14. The Morgan fingerprint density at radius 2 is 1.93 bits per heavy atom. The number of hydrogen-bond donors (Lipinski definition) is 5. The number of hydroxylamine groups is 1. The Hall–Kier alpha value is -3.49. The van der Waals surface area contributed by atoms with Gasteiger partial charge in [0.15, 0.2) is 0 Å². The van der Waals surface area contributed by atoms with E-state index in [2.05, 4.69) is 15.6 Å². The Bertz CT molecular complexity index is 840. The van der Waals surface area contributed by atoms with Crippen molar-refractivity contribution in [1.82, 2.24) is 21.1 Å². The summed E-state index contributed by atoms with van der Waals surface area (Å²) in [6.45, 7) is -0.228. The molecule has 2 aromatic rings. The van der Waals surface area contributed by atoms with Crippen molar-refractivity contribution in [2.45, 2.75) is 24.9 Å². The van der Waals surface area contributed by atoms with E-state index in [1.165, 1.54) is 6.20 Å². The Labute approximate surface area is 175 Å². The maximum atomic E-state index is 13.1. The van der Waals surface area contributed by atoms with Gasteiger partial charge in [-0.25, -0.2) is 5.48 Å². The van der Waals surface area contributed by atoms with E-state index < -0.39 is 11.9 Å². The van der Waals surface area contributed by atoms with E-state index in [1.807, 2.05) is 42.5 Å². The zero-order chi connectivity index (χ0) is 21.6. The fourth-order valence-electron chi connectivity index (χ4n) is 2.90. The number of pyridine rings is 1. The van der Waals surface area contributed by atoms with Gasteiger partial charge < -0.3 is 11.1 Å². The normalized spacial score (nSPS) is 13.2. The Kier molecular flexibility index (Phi) is 9.78. The van der Waals surface area contributed by atoms with Gasteiger partial charge in [0.25, 0.3) is 5.91 Å². The molecule has 30 heavy (non-hydrogen) atoms. The number of carbonyl (C=O) groups excluding carboxylic acids is 2. The molecule has 0 bridgehead atoms. The van der Waals surface area contributed by atoms with Crippen molar-refractivity contribution in [3.8, 4) is 0 Å². The average molecular weight is 409 g/mol. The number of benzene rings is 1. The maximum Gasteiger partial charge on any atom is 0.257 e. The van der Waals surface area contributed by atoms with Crippen molar-refractivity contribution in [2.75, 3.05) is 6.54 Å². The average Bonchev–Trinajstić information content (AvgIpc) is 2.78. The molecular weight excluding hydrogens is 382 g/mol. The molecular formula is C22H27N5O3. The second-order valence-corrected chi connectivity index (χ2v) is 6.58. The minimum Gasteiger partial charge on any atom is -0.405 e. The number of nitrogens with zero attached hydrogens (tertiary/aromatic N) is 1. The first kappa shape index (κ1) is 22.8. The van der Waals surface area contributed by atoms with Gasteiger partial charge in [0, 0.05) is 18.4 Å². The second kappa shape index (κ2) is 12.9. The van der Waals surface area contributed by atoms with Gasteiger partial charge >= 0.3 is 0 Å². The van der Waals surface area contributed by atoms with Gasteiger partial charge in [-0.05, 0) is 42.3 Å².